The number of fused-ring (bicyclic) bond motifs is 1. The number of nitrogens with one attached hydrogen (secondary N) is 1. The maximum Gasteiger partial charge on any atom is 0.235 e. The fourth-order valence-electron chi connectivity index (χ4n) is 2.06. The third kappa shape index (κ3) is 3.11. The number of amides is 1. The zero-order valence-electron chi connectivity index (χ0n) is 12.2. The second kappa shape index (κ2) is 6.33. The molecule has 1 N–H and O–H groups in total. The molecule has 3 aromatic rings. The van der Waals surface area contributed by atoms with Crippen LogP contribution in [0.15, 0.2) is 28.7 Å². The lowest BCUT2D eigenvalue weighted by molar-refractivity contribution is -0.121. The lowest BCUT2D eigenvalue weighted by Gasteiger charge is -2.03. The van der Waals surface area contributed by atoms with Crippen LogP contribution in [0.5, 0.6) is 0 Å². The lowest BCUT2D eigenvalue weighted by Crippen LogP contribution is -2.24. The quantitative estimate of drug-likeness (QED) is 0.731. The fraction of sp³-hybridized carbons (Fsp3) is 0.357. The van der Waals surface area contributed by atoms with E-state index in [4.69, 9.17) is 4.42 Å². The Labute approximate surface area is 126 Å². The Kier molecular flexibility index (Phi) is 4.08. The van der Waals surface area contributed by atoms with Gasteiger partial charge in [-0.2, -0.15) is 0 Å². The largest absolute Gasteiger partial charge is 0.423 e. The molecule has 0 unspecified atom stereocenters. The van der Waals surface area contributed by atoms with Crippen molar-refractivity contribution in [2.45, 2.75) is 32.9 Å². The molecule has 0 fully saturated rings. The van der Waals surface area contributed by atoms with Crippen LogP contribution in [-0.4, -0.2) is 31.1 Å². The highest BCUT2D eigenvalue weighted by molar-refractivity contribution is 5.76. The predicted octanol–water partition coefficient (Wildman–Crippen LogP) is 1.08. The van der Waals surface area contributed by atoms with Crippen molar-refractivity contribution in [2.24, 2.45) is 0 Å². The van der Waals surface area contributed by atoms with E-state index in [9.17, 15) is 4.79 Å². The molecule has 0 bridgehead atoms. The van der Waals surface area contributed by atoms with Gasteiger partial charge >= 0.3 is 0 Å². The molecule has 1 amide bonds. The average Bonchev–Trinajstić information content (AvgIpc) is 3.17. The van der Waals surface area contributed by atoms with Crippen LogP contribution in [0, 0.1) is 0 Å². The summed E-state index contributed by atoms with van der Waals surface area (Å²) >= 11 is 0. The van der Waals surface area contributed by atoms with Gasteiger partial charge in [-0.25, -0.2) is 4.68 Å². The van der Waals surface area contributed by atoms with Gasteiger partial charge in [0.2, 0.25) is 17.7 Å². The normalized spacial score (nSPS) is 11.0. The van der Waals surface area contributed by atoms with E-state index < -0.39 is 0 Å². The number of hydrogen-bond donors (Lipinski definition) is 1. The Hall–Kier alpha value is -2.77. The number of aryl methyl sites for hydroxylation is 2. The first-order valence-corrected chi connectivity index (χ1v) is 7.12. The van der Waals surface area contributed by atoms with Crippen molar-refractivity contribution >= 4 is 16.9 Å². The van der Waals surface area contributed by atoms with E-state index in [2.05, 4.69) is 25.8 Å². The van der Waals surface area contributed by atoms with E-state index in [1.807, 2.05) is 31.2 Å². The maximum absolute atomic E-state index is 11.9. The number of hydrogen-bond acceptors (Lipinski definition) is 6. The summed E-state index contributed by atoms with van der Waals surface area (Å²) in [6, 6.07) is 7.64. The molecule has 0 saturated heterocycles. The van der Waals surface area contributed by atoms with Gasteiger partial charge in [0.25, 0.3) is 0 Å². The second-order valence-electron chi connectivity index (χ2n) is 4.77. The molecule has 0 aliphatic rings. The predicted molar refractivity (Wildman–Crippen MR) is 77.7 cm³/mol. The molecule has 0 atom stereocenters. The molecular formula is C14H16N6O2. The minimum absolute atomic E-state index is 0.101. The van der Waals surface area contributed by atoms with Crippen LogP contribution < -0.4 is 5.32 Å². The molecule has 8 heteroatoms. The van der Waals surface area contributed by atoms with Gasteiger partial charge in [0.05, 0.1) is 18.6 Å². The van der Waals surface area contributed by atoms with Gasteiger partial charge in [0.1, 0.15) is 5.52 Å². The number of carbonyl (C=O) groups excluding carboxylic acids is 1. The zero-order valence-corrected chi connectivity index (χ0v) is 12.2. The van der Waals surface area contributed by atoms with Gasteiger partial charge in [-0.15, -0.1) is 15.3 Å². The molecule has 0 aliphatic carbocycles. The van der Waals surface area contributed by atoms with Crippen molar-refractivity contribution in [3.05, 3.63) is 36.0 Å². The molecule has 2 heterocycles. The van der Waals surface area contributed by atoms with Crippen LogP contribution in [0.25, 0.3) is 11.0 Å². The highest BCUT2D eigenvalue weighted by atomic mass is 16.4. The summed E-state index contributed by atoms with van der Waals surface area (Å²) in [7, 11) is 0. The van der Waals surface area contributed by atoms with Crippen LogP contribution in [0.1, 0.15) is 25.1 Å². The van der Waals surface area contributed by atoms with Crippen molar-refractivity contribution in [1.29, 1.82) is 0 Å². The number of benzene rings is 1. The highest BCUT2D eigenvalue weighted by Gasteiger charge is 2.09. The summed E-state index contributed by atoms with van der Waals surface area (Å²) in [5.41, 5.74) is 1.74. The van der Waals surface area contributed by atoms with Gasteiger partial charge < -0.3 is 9.73 Å². The van der Waals surface area contributed by atoms with Crippen LogP contribution in [0.3, 0.4) is 0 Å². The summed E-state index contributed by atoms with van der Waals surface area (Å²) in [6.45, 7) is 2.64. The van der Waals surface area contributed by atoms with Crippen molar-refractivity contribution in [3.63, 3.8) is 0 Å². The summed E-state index contributed by atoms with van der Waals surface area (Å²) in [4.78, 5) is 11.9. The third-order valence-electron chi connectivity index (χ3n) is 3.22. The second-order valence-corrected chi connectivity index (χ2v) is 4.77. The summed E-state index contributed by atoms with van der Waals surface area (Å²) in [5, 5.41) is 18.5. The third-order valence-corrected chi connectivity index (χ3v) is 3.22. The number of carbonyl (C=O) groups is 1. The monoisotopic (exact) mass is 300 g/mol. The Morgan fingerprint density at radius 2 is 2.05 bits per heavy atom. The molecule has 0 spiro atoms. The SMILES string of the molecule is CCc1nnc(CNC(=O)CCn2nnc3ccccc32)o1. The maximum atomic E-state index is 11.9. The van der Waals surface area contributed by atoms with Crippen LogP contribution in [-0.2, 0) is 24.3 Å². The van der Waals surface area contributed by atoms with Gasteiger partial charge in [-0.1, -0.05) is 24.3 Å². The fourth-order valence-corrected chi connectivity index (χ4v) is 2.06. The molecule has 2 aromatic heterocycles. The topological polar surface area (TPSA) is 98.7 Å². The van der Waals surface area contributed by atoms with E-state index in [1.54, 1.807) is 4.68 Å². The Morgan fingerprint density at radius 3 is 2.86 bits per heavy atom. The van der Waals surface area contributed by atoms with Crippen molar-refractivity contribution in [1.82, 2.24) is 30.5 Å². The number of rotatable bonds is 6. The molecule has 0 saturated carbocycles. The Bertz CT molecular complexity index is 778. The highest BCUT2D eigenvalue weighted by Crippen LogP contribution is 2.09. The first-order valence-electron chi connectivity index (χ1n) is 7.12. The number of para-hydroxylation sites is 1. The van der Waals surface area contributed by atoms with E-state index in [0.29, 0.717) is 31.2 Å². The summed E-state index contributed by atoms with van der Waals surface area (Å²) in [6.07, 6.45) is 0.989. The minimum atomic E-state index is -0.101. The molecule has 114 valence electrons. The van der Waals surface area contributed by atoms with Crippen LogP contribution >= 0.6 is 0 Å². The number of aromatic nitrogens is 5. The lowest BCUT2D eigenvalue weighted by atomic mass is 10.3. The molecule has 3 rings (SSSR count). The van der Waals surface area contributed by atoms with Crippen molar-refractivity contribution in [2.75, 3.05) is 0 Å². The average molecular weight is 300 g/mol. The van der Waals surface area contributed by atoms with Crippen molar-refractivity contribution in [3.8, 4) is 0 Å². The van der Waals surface area contributed by atoms with E-state index >= 15 is 0 Å². The van der Waals surface area contributed by atoms with Crippen LogP contribution in [0.2, 0.25) is 0 Å². The Morgan fingerprint density at radius 1 is 1.23 bits per heavy atom. The van der Waals surface area contributed by atoms with Gasteiger partial charge in [-0.3, -0.25) is 4.79 Å². The molecule has 8 nitrogen and oxygen atoms in total. The van der Waals surface area contributed by atoms with Crippen LogP contribution in [0.4, 0.5) is 0 Å². The standard InChI is InChI=1S/C14H16N6O2/c1-2-13-17-18-14(22-13)9-15-12(21)7-8-20-11-6-4-3-5-10(11)16-19-20/h3-6H,2,7-9H2,1H3,(H,15,21). The summed E-state index contributed by atoms with van der Waals surface area (Å²) in [5.74, 6) is 0.880. The van der Waals surface area contributed by atoms with E-state index in [0.717, 1.165) is 11.0 Å². The van der Waals surface area contributed by atoms with Gasteiger partial charge in [0, 0.05) is 12.8 Å². The minimum Gasteiger partial charge on any atom is -0.423 e. The molecule has 1 aromatic carbocycles. The number of nitrogens with zero attached hydrogens (tertiary/aromatic N) is 5. The van der Waals surface area contributed by atoms with Gasteiger partial charge in [0.15, 0.2) is 0 Å². The molecule has 0 radical (unpaired) electrons. The Balaban J connectivity index is 1.52. The molecule has 22 heavy (non-hydrogen) atoms. The zero-order chi connectivity index (χ0) is 15.4. The van der Waals surface area contributed by atoms with Gasteiger partial charge in [-0.05, 0) is 12.1 Å². The van der Waals surface area contributed by atoms with Crippen molar-refractivity contribution < 1.29 is 9.21 Å². The first kappa shape index (κ1) is 14.2. The molecular weight excluding hydrogens is 284 g/mol. The smallest absolute Gasteiger partial charge is 0.235 e. The first-order chi connectivity index (χ1) is 10.8. The van der Waals surface area contributed by atoms with E-state index in [1.165, 1.54) is 0 Å². The summed E-state index contributed by atoms with van der Waals surface area (Å²) < 4.78 is 7.05. The van der Waals surface area contributed by atoms with E-state index in [-0.39, 0.29) is 12.5 Å². The molecule has 0 aliphatic heterocycles.